The van der Waals surface area contributed by atoms with Crippen molar-refractivity contribution >= 4 is 23.4 Å². The molecular weight excluding hydrogens is 394 g/mol. The topological polar surface area (TPSA) is 61.8 Å². The number of aliphatic hydroxyl groups is 1. The smallest absolute Gasteiger partial charge is 0.353 e. The highest BCUT2D eigenvalue weighted by Crippen LogP contribution is 2.47. The maximum absolute atomic E-state index is 13.4. The van der Waals surface area contributed by atoms with Gasteiger partial charge < -0.3 is 5.11 Å². The molecule has 1 aromatic heterocycles. The van der Waals surface area contributed by atoms with E-state index in [-0.39, 0.29) is 24.0 Å². The lowest BCUT2D eigenvalue weighted by Crippen LogP contribution is -2.46. The van der Waals surface area contributed by atoms with Gasteiger partial charge in [0.05, 0.1) is 0 Å². The number of aromatic nitrogens is 3. The Bertz CT molecular complexity index is 713. The third-order valence-corrected chi connectivity index (χ3v) is 5.88. The maximum Gasteiger partial charge on any atom is 0.353 e. The Labute approximate surface area is 157 Å². The number of H-pyrrole nitrogens is 1. The van der Waals surface area contributed by atoms with Crippen LogP contribution in [-0.2, 0) is 12.0 Å². The third kappa shape index (κ3) is 4.50. The lowest BCUT2D eigenvalue weighted by Gasteiger charge is -2.43. The van der Waals surface area contributed by atoms with Crippen LogP contribution in [0, 0.1) is 5.41 Å². The predicted molar refractivity (Wildman–Crippen MR) is 92.6 cm³/mol. The number of halogens is 5. The van der Waals surface area contributed by atoms with Crippen LogP contribution in [0.3, 0.4) is 0 Å². The molecule has 0 aliphatic rings. The summed E-state index contributed by atoms with van der Waals surface area (Å²) in [5.74, 6) is -0.158. The molecular formula is C16H18ClF4N3OS. The summed E-state index contributed by atoms with van der Waals surface area (Å²) in [7, 11) is 0. The summed E-state index contributed by atoms with van der Waals surface area (Å²) in [6.45, 7) is 3.06. The molecule has 1 atom stereocenters. The van der Waals surface area contributed by atoms with Crippen LogP contribution in [-0.4, -0.2) is 37.7 Å². The number of aromatic amines is 1. The zero-order valence-corrected chi connectivity index (χ0v) is 15.6. The highest BCUT2D eigenvalue weighted by atomic mass is 35.5. The number of thioether (sulfide) groups is 1. The molecule has 0 amide bonds. The van der Waals surface area contributed by atoms with Gasteiger partial charge in [-0.2, -0.15) is 13.9 Å². The van der Waals surface area contributed by atoms with Gasteiger partial charge in [-0.05, 0) is 17.7 Å². The quantitative estimate of drug-likeness (QED) is 0.627. The van der Waals surface area contributed by atoms with Crippen LogP contribution in [0.2, 0.25) is 5.02 Å². The highest BCUT2D eigenvalue weighted by Gasteiger charge is 2.49. The fourth-order valence-corrected chi connectivity index (χ4v) is 3.51. The SMILES string of the molecule is CC(C)(CSC(F)(F)C(F)F)[C@](O)(Cc1nc[nH]n1)c1ccc(Cl)cc1. The van der Waals surface area contributed by atoms with Crippen molar-refractivity contribution in [1.82, 2.24) is 15.2 Å². The van der Waals surface area contributed by atoms with Gasteiger partial charge in [-0.15, -0.1) is 0 Å². The van der Waals surface area contributed by atoms with E-state index in [4.69, 9.17) is 11.6 Å². The molecule has 2 rings (SSSR count). The van der Waals surface area contributed by atoms with Crippen LogP contribution >= 0.6 is 23.4 Å². The molecule has 0 aliphatic heterocycles. The Morgan fingerprint density at radius 1 is 1.23 bits per heavy atom. The molecule has 0 saturated carbocycles. The monoisotopic (exact) mass is 411 g/mol. The average molecular weight is 412 g/mol. The minimum absolute atomic E-state index is 0.0913. The average Bonchev–Trinajstić information content (AvgIpc) is 3.06. The fourth-order valence-electron chi connectivity index (χ4n) is 2.47. The molecule has 2 aromatic rings. The van der Waals surface area contributed by atoms with Gasteiger partial charge in [0.25, 0.3) is 0 Å². The van der Waals surface area contributed by atoms with Gasteiger partial charge in [0.1, 0.15) is 11.9 Å². The summed E-state index contributed by atoms with van der Waals surface area (Å²) in [5, 5.41) is 14.1. The van der Waals surface area contributed by atoms with Crippen LogP contribution in [0.5, 0.6) is 0 Å². The predicted octanol–water partition coefficient (Wildman–Crippen LogP) is 4.51. The zero-order valence-electron chi connectivity index (χ0n) is 14.0. The summed E-state index contributed by atoms with van der Waals surface area (Å²) in [6, 6.07) is 6.23. The molecule has 144 valence electrons. The molecule has 0 spiro atoms. The van der Waals surface area contributed by atoms with Gasteiger partial charge in [-0.1, -0.05) is 49.3 Å². The Balaban J connectivity index is 2.36. The summed E-state index contributed by atoms with van der Waals surface area (Å²) in [6.07, 6.45) is -2.56. The Morgan fingerprint density at radius 2 is 1.85 bits per heavy atom. The van der Waals surface area contributed by atoms with E-state index in [2.05, 4.69) is 15.2 Å². The maximum atomic E-state index is 13.4. The Morgan fingerprint density at radius 3 is 2.35 bits per heavy atom. The molecule has 0 saturated heterocycles. The van der Waals surface area contributed by atoms with Crippen molar-refractivity contribution in [1.29, 1.82) is 0 Å². The number of benzene rings is 1. The lowest BCUT2D eigenvalue weighted by molar-refractivity contribution is -0.0690. The first kappa shape index (κ1) is 21.0. The van der Waals surface area contributed by atoms with Gasteiger partial charge in [0.2, 0.25) is 0 Å². The number of hydrogen-bond acceptors (Lipinski definition) is 4. The second-order valence-electron chi connectivity index (χ2n) is 6.49. The van der Waals surface area contributed by atoms with E-state index >= 15 is 0 Å². The number of rotatable bonds is 8. The molecule has 26 heavy (non-hydrogen) atoms. The molecule has 0 bridgehead atoms. The molecule has 4 nitrogen and oxygen atoms in total. The van der Waals surface area contributed by atoms with Crippen LogP contribution in [0.4, 0.5) is 17.6 Å². The number of hydrogen-bond donors (Lipinski definition) is 2. The summed E-state index contributed by atoms with van der Waals surface area (Å²) >= 11 is 5.69. The third-order valence-electron chi connectivity index (χ3n) is 4.20. The van der Waals surface area contributed by atoms with E-state index in [1.54, 1.807) is 24.3 Å². The number of nitrogens with one attached hydrogen (secondary N) is 1. The van der Waals surface area contributed by atoms with E-state index in [1.165, 1.54) is 20.2 Å². The second kappa shape index (κ2) is 7.74. The van der Waals surface area contributed by atoms with E-state index in [0.717, 1.165) is 0 Å². The molecule has 10 heteroatoms. The second-order valence-corrected chi connectivity index (χ2v) is 8.05. The Kier molecular flexibility index (Phi) is 6.24. The van der Waals surface area contributed by atoms with Crippen molar-refractivity contribution in [2.45, 2.75) is 37.5 Å². The molecule has 0 fully saturated rings. The van der Waals surface area contributed by atoms with Crippen molar-refractivity contribution in [2.24, 2.45) is 5.41 Å². The molecule has 2 N–H and O–H groups in total. The van der Waals surface area contributed by atoms with Crippen LogP contribution in [0.25, 0.3) is 0 Å². The lowest BCUT2D eigenvalue weighted by atomic mass is 9.70. The number of nitrogens with zero attached hydrogens (tertiary/aromatic N) is 2. The largest absolute Gasteiger partial charge is 0.384 e. The van der Waals surface area contributed by atoms with E-state index < -0.39 is 28.4 Å². The summed E-state index contributed by atoms with van der Waals surface area (Å²) in [5.41, 5.74) is -2.51. The highest BCUT2D eigenvalue weighted by molar-refractivity contribution is 8.00. The molecule has 0 radical (unpaired) electrons. The molecule has 1 aromatic carbocycles. The zero-order chi connectivity index (χ0) is 19.6. The van der Waals surface area contributed by atoms with Crippen molar-refractivity contribution in [2.75, 3.05) is 5.75 Å². The normalized spacial score (nSPS) is 15.3. The van der Waals surface area contributed by atoms with Gasteiger partial charge >= 0.3 is 11.7 Å². The van der Waals surface area contributed by atoms with Gasteiger partial charge in [0, 0.05) is 22.6 Å². The minimum Gasteiger partial charge on any atom is -0.384 e. The van der Waals surface area contributed by atoms with Crippen LogP contribution in [0.1, 0.15) is 25.2 Å². The van der Waals surface area contributed by atoms with Crippen molar-refractivity contribution < 1.29 is 22.7 Å². The van der Waals surface area contributed by atoms with Gasteiger partial charge in [-0.25, -0.2) is 13.8 Å². The standard InChI is InChI=1S/C16H18ClF4N3OS/c1-14(2,8-26-16(20,21)13(18)19)15(25,7-12-22-9-23-24-12)10-3-5-11(17)6-4-10/h3-6,9,13,25H,7-8H2,1-2H3,(H,22,23,24)/t15-/m0/s1. The Hall–Kier alpha value is -1.32. The fraction of sp³-hybridized carbons (Fsp3) is 0.500. The minimum atomic E-state index is -4.21. The van der Waals surface area contributed by atoms with Crippen molar-refractivity contribution in [3.8, 4) is 0 Å². The van der Waals surface area contributed by atoms with Gasteiger partial charge in [-0.3, -0.25) is 5.10 Å². The first-order chi connectivity index (χ1) is 12.0. The van der Waals surface area contributed by atoms with E-state index in [9.17, 15) is 22.7 Å². The van der Waals surface area contributed by atoms with E-state index in [1.807, 2.05) is 0 Å². The number of alkyl halides is 4. The van der Waals surface area contributed by atoms with Gasteiger partial charge in [0.15, 0.2) is 5.82 Å². The summed E-state index contributed by atoms with van der Waals surface area (Å²) < 4.78 is 51.7. The van der Waals surface area contributed by atoms with Crippen LogP contribution in [0.15, 0.2) is 30.6 Å². The van der Waals surface area contributed by atoms with E-state index in [0.29, 0.717) is 10.6 Å². The molecule has 1 heterocycles. The van der Waals surface area contributed by atoms with Crippen LogP contribution < -0.4 is 0 Å². The molecule has 0 unspecified atom stereocenters. The summed E-state index contributed by atoms with van der Waals surface area (Å²) in [4.78, 5) is 3.97. The first-order valence-electron chi connectivity index (χ1n) is 7.61. The molecule has 0 aliphatic carbocycles. The van der Waals surface area contributed by atoms with Crippen molar-refractivity contribution in [3.63, 3.8) is 0 Å². The van der Waals surface area contributed by atoms with Crippen molar-refractivity contribution in [3.05, 3.63) is 47.0 Å². The first-order valence-corrected chi connectivity index (χ1v) is 8.97.